The van der Waals surface area contributed by atoms with Crippen molar-refractivity contribution in [1.82, 2.24) is 4.90 Å². The van der Waals surface area contributed by atoms with Gasteiger partial charge < -0.3 is 10.5 Å². The largest absolute Gasteiger partial charge is 0.399 e. The van der Waals surface area contributed by atoms with E-state index in [1.807, 2.05) is 12.1 Å². The van der Waals surface area contributed by atoms with Crippen molar-refractivity contribution in [2.45, 2.75) is 25.9 Å². The lowest BCUT2D eigenvalue weighted by atomic mass is 10.1. The van der Waals surface area contributed by atoms with Crippen molar-refractivity contribution in [3.63, 3.8) is 0 Å². The standard InChI is InChI=1S/C13H19BrN2O/c1-2-13-9-17-4-3-16(13)8-10-5-11(14)7-12(15)6-10/h5-7,13H,2-4,8-9,15H2,1H3. The van der Waals surface area contributed by atoms with E-state index in [4.69, 9.17) is 10.5 Å². The van der Waals surface area contributed by atoms with E-state index in [0.717, 1.165) is 42.9 Å². The van der Waals surface area contributed by atoms with Gasteiger partial charge in [-0.3, -0.25) is 4.90 Å². The number of anilines is 1. The van der Waals surface area contributed by atoms with Gasteiger partial charge in [0.15, 0.2) is 0 Å². The number of rotatable bonds is 3. The van der Waals surface area contributed by atoms with Crippen LogP contribution >= 0.6 is 15.9 Å². The Morgan fingerprint density at radius 1 is 1.47 bits per heavy atom. The van der Waals surface area contributed by atoms with Gasteiger partial charge in [0.2, 0.25) is 0 Å². The maximum atomic E-state index is 5.86. The zero-order chi connectivity index (χ0) is 12.3. The Bertz CT molecular complexity index is 363. The second-order valence-electron chi connectivity index (χ2n) is 4.50. The average Bonchev–Trinajstić information content (AvgIpc) is 2.28. The van der Waals surface area contributed by atoms with Gasteiger partial charge in [0.05, 0.1) is 13.2 Å². The number of halogens is 1. The van der Waals surface area contributed by atoms with E-state index in [-0.39, 0.29) is 0 Å². The van der Waals surface area contributed by atoms with Crippen LogP contribution in [0.4, 0.5) is 5.69 Å². The Morgan fingerprint density at radius 3 is 3.00 bits per heavy atom. The van der Waals surface area contributed by atoms with Gasteiger partial charge in [-0.25, -0.2) is 0 Å². The normalized spacial score (nSPS) is 21.6. The molecule has 3 nitrogen and oxygen atoms in total. The third-order valence-electron chi connectivity index (χ3n) is 3.19. The molecule has 1 heterocycles. The van der Waals surface area contributed by atoms with Gasteiger partial charge in [0.1, 0.15) is 0 Å². The molecule has 1 saturated heterocycles. The van der Waals surface area contributed by atoms with Crippen LogP contribution in [0.15, 0.2) is 22.7 Å². The third-order valence-corrected chi connectivity index (χ3v) is 3.64. The van der Waals surface area contributed by atoms with Gasteiger partial charge in [-0.2, -0.15) is 0 Å². The SMILES string of the molecule is CCC1COCCN1Cc1cc(N)cc(Br)c1. The minimum atomic E-state index is 0.531. The smallest absolute Gasteiger partial charge is 0.0622 e. The monoisotopic (exact) mass is 298 g/mol. The summed E-state index contributed by atoms with van der Waals surface area (Å²) in [7, 11) is 0. The van der Waals surface area contributed by atoms with Crippen molar-refractivity contribution in [2.75, 3.05) is 25.5 Å². The van der Waals surface area contributed by atoms with E-state index in [0.29, 0.717) is 6.04 Å². The van der Waals surface area contributed by atoms with Gasteiger partial charge in [-0.1, -0.05) is 22.9 Å². The first-order valence-corrected chi connectivity index (χ1v) is 6.85. The fraction of sp³-hybridized carbons (Fsp3) is 0.538. The van der Waals surface area contributed by atoms with E-state index in [1.165, 1.54) is 5.56 Å². The molecule has 0 aromatic heterocycles. The molecule has 17 heavy (non-hydrogen) atoms. The summed E-state index contributed by atoms with van der Waals surface area (Å²) in [6.07, 6.45) is 1.13. The molecule has 0 bridgehead atoms. The Morgan fingerprint density at radius 2 is 2.29 bits per heavy atom. The molecule has 0 spiro atoms. The second kappa shape index (κ2) is 5.85. The van der Waals surface area contributed by atoms with Crippen LogP contribution in [0.5, 0.6) is 0 Å². The number of hydrogen-bond acceptors (Lipinski definition) is 3. The number of nitrogens with two attached hydrogens (primary N) is 1. The van der Waals surface area contributed by atoms with Crippen LogP contribution in [0.25, 0.3) is 0 Å². The van der Waals surface area contributed by atoms with Crippen LogP contribution in [0.3, 0.4) is 0 Å². The Hall–Kier alpha value is -0.580. The van der Waals surface area contributed by atoms with Gasteiger partial charge >= 0.3 is 0 Å². The highest BCUT2D eigenvalue weighted by Gasteiger charge is 2.21. The summed E-state index contributed by atoms with van der Waals surface area (Å²) in [5.41, 5.74) is 7.94. The molecule has 94 valence electrons. The highest BCUT2D eigenvalue weighted by atomic mass is 79.9. The van der Waals surface area contributed by atoms with Crippen LogP contribution in [-0.2, 0) is 11.3 Å². The lowest BCUT2D eigenvalue weighted by Gasteiger charge is -2.35. The number of morpholine rings is 1. The molecule has 1 fully saturated rings. The summed E-state index contributed by atoms with van der Waals surface area (Å²) in [5.74, 6) is 0. The molecule has 4 heteroatoms. The molecule has 1 aromatic carbocycles. The average molecular weight is 299 g/mol. The van der Waals surface area contributed by atoms with Crippen LogP contribution in [0.1, 0.15) is 18.9 Å². The molecule has 0 saturated carbocycles. The minimum absolute atomic E-state index is 0.531. The van der Waals surface area contributed by atoms with Gasteiger partial charge in [0, 0.05) is 29.3 Å². The first-order valence-electron chi connectivity index (χ1n) is 6.05. The molecule has 1 aromatic rings. The predicted molar refractivity (Wildman–Crippen MR) is 73.9 cm³/mol. The van der Waals surface area contributed by atoms with Crippen molar-refractivity contribution < 1.29 is 4.74 Å². The minimum Gasteiger partial charge on any atom is -0.399 e. The van der Waals surface area contributed by atoms with Gasteiger partial charge in [-0.05, 0) is 30.2 Å². The van der Waals surface area contributed by atoms with E-state index in [9.17, 15) is 0 Å². The van der Waals surface area contributed by atoms with E-state index in [1.54, 1.807) is 0 Å². The molecular formula is C13H19BrN2O. The lowest BCUT2D eigenvalue weighted by Crippen LogP contribution is -2.44. The van der Waals surface area contributed by atoms with Crippen LogP contribution < -0.4 is 5.73 Å². The summed E-state index contributed by atoms with van der Waals surface area (Å²) < 4.78 is 6.56. The Balaban J connectivity index is 2.08. The topological polar surface area (TPSA) is 38.5 Å². The van der Waals surface area contributed by atoms with E-state index < -0.39 is 0 Å². The number of benzene rings is 1. The van der Waals surface area contributed by atoms with Crippen molar-refractivity contribution in [3.05, 3.63) is 28.2 Å². The molecule has 0 aliphatic carbocycles. The highest BCUT2D eigenvalue weighted by molar-refractivity contribution is 9.10. The molecule has 1 unspecified atom stereocenters. The number of nitrogen functional groups attached to an aromatic ring is 1. The first-order chi connectivity index (χ1) is 8.19. The van der Waals surface area contributed by atoms with Crippen molar-refractivity contribution >= 4 is 21.6 Å². The Labute approximate surface area is 111 Å². The van der Waals surface area contributed by atoms with Crippen LogP contribution in [0, 0.1) is 0 Å². The quantitative estimate of drug-likeness (QED) is 0.872. The lowest BCUT2D eigenvalue weighted by molar-refractivity contribution is -0.0127. The molecule has 0 amide bonds. The van der Waals surface area contributed by atoms with Crippen molar-refractivity contribution in [2.24, 2.45) is 0 Å². The number of ether oxygens (including phenoxy) is 1. The predicted octanol–water partition coefficient (Wildman–Crippen LogP) is 2.64. The Kier molecular flexibility index (Phi) is 4.42. The molecule has 2 N–H and O–H groups in total. The summed E-state index contributed by atoms with van der Waals surface area (Å²) in [5, 5.41) is 0. The summed E-state index contributed by atoms with van der Waals surface area (Å²) in [4.78, 5) is 2.48. The number of nitrogens with zero attached hydrogens (tertiary/aromatic N) is 1. The molecule has 2 rings (SSSR count). The molecule has 1 aliphatic heterocycles. The van der Waals surface area contributed by atoms with E-state index >= 15 is 0 Å². The van der Waals surface area contributed by atoms with Gasteiger partial charge in [0.25, 0.3) is 0 Å². The summed E-state index contributed by atoms with van der Waals surface area (Å²) in [6, 6.07) is 6.65. The van der Waals surface area contributed by atoms with Crippen molar-refractivity contribution in [3.8, 4) is 0 Å². The second-order valence-corrected chi connectivity index (χ2v) is 5.42. The summed E-state index contributed by atoms with van der Waals surface area (Å²) in [6.45, 7) is 5.85. The maximum absolute atomic E-state index is 5.86. The number of hydrogen-bond donors (Lipinski definition) is 1. The van der Waals surface area contributed by atoms with Crippen LogP contribution in [-0.4, -0.2) is 30.7 Å². The fourth-order valence-electron chi connectivity index (χ4n) is 2.27. The highest BCUT2D eigenvalue weighted by Crippen LogP contribution is 2.20. The zero-order valence-corrected chi connectivity index (χ0v) is 11.7. The summed E-state index contributed by atoms with van der Waals surface area (Å²) >= 11 is 3.49. The molecule has 1 atom stereocenters. The first kappa shape index (κ1) is 12.9. The molecular weight excluding hydrogens is 280 g/mol. The van der Waals surface area contributed by atoms with Crippen LogP contribution in [0.2, 0.25) is 0 Å². The maximum Gasteiger partial charge on any atom is 0.0622 e. The van der Waals surface area contributed by atoms with E-state index in [2.05, 4.69) is 33.8 Å². The van der Waals surface area contributed by atoms with Gasteiger partial charge in [-0.15, -0.1) is 0 Å². The zero-order valence-electron chi connectivity index (χ0n) is 10.2. The van der Waals surface area contributed by atoms with Crippen molar-refractivity contribution in [1.29, 1.82) is 0 Å². The fourth-order valence-corrected chi connectivity index (χ4v) is 2.83. The molecule has 1 aliphatic rings. The molecule has 0 radical (unpaired) electrons. The third kappa shape index (κ3) is 3.44.